The van der Waals surface area contributed by atoms with E-state index < -0.39 is 0 Å². The lowest BCUT2D eigenvalue weighted by Gasteiger charge is -2.01. The van der Waals surface area contributed by atoms with E-state index in [1.165, 1.54) is 11.1 Å². The van der Waals surface area contributed by atoms with Crippen LogP contribution in [0.4, 0.5) is 5.69 Å². The molecule has 0 saturated carbocycles. The molecule has 17 heavy (non-hydrogen) atoms. The van der Waals surface area contributed by atoms with E-state index in [1.807, 2.05) is 24.4 Å². The Morgan fingerprint density at radius 1 is 1.12 bits per heavy atom. The van der Waals surface area contributed by atoms with Crippen LogP contribution in [0.3, 0.4) is 0 Å². The van der Waals surface area contributed by atoms with Crippen LogP contribution in [0.1, 0.15) is 11.1 Å². The predicted octanol–water partition coefficient (Wildman–Crippen LogP) is 2.74. The third kappa shape index (κ3) is 1.87. The van der Waals surface area contributed by atoms with Gasteiger partial charge in [-0.3, -0.25) is 0 Å². The Bertz CT molecular complexity index is 641. The van der Waals surface area contributed by atoms with E-state index >= 15 is 0 Å². The molecule has 84 valence electrons. The van der Waals surface area contributed by atoms with Crippen molar-refractivity contribution in [2.24, 2.45) is 0 Å². The van der Waals surface area contributed by atoms with Gasteiger partial charge in [-0.15, -0.1) is 0 Å². The summed E-state index contributed by atoms with van der Waals surface area (Å²) in [7, 11) is 0. The number of H-pyrrole nitrogens is 1. The first-order chi connectivity index (χ1) is 8.33. The molecule has 0 radical (unpaired) electrons. The lowest BCUT2D eigenvalue weighted by molar-refractivity contribution is 1.16. The largest absolute Gasteiger partial charge is 0.397 e. The molecule has 0 amide bonds. The monoisotopic (exact) mass is 223 g/mol. The van der Waals surface area contributed by atoms with E-state index in [9.17, 15) is 0 Å². The second-order valence-corrected chi connectivity index (χ2v) is 4.15. The molecule has 0 spiro atoms. The number of nitrogen functional groups attached to an aromatic ring is 1. The Morgan fingerprint density at radius 3 is 2.76 bits per heavy atom. The maximum Gasteiger partial charge on any atom is 0.139 e. The Hall–Kier alpha value is -2.29. The maximum absolute atomic E-state index is 5.87. The van der Waals surface area contributed by atoms with Crippen molar-refractivity contribution >= 4 is 16.7 Å². The number of benzene rings is 1. The van der Waals surface area contributed by atoms with Gasteiger partial charge in [-0.05, 0) is 23.6 Å². The van der Waals surface area contributed by atoms with E-state index in [1.54, 1.807) is 6.20 Å². The minimum absolute atomic E-state index is 0.752. The van der Waals surface area contributed by atoms with Gasteiger partial charge in [0.15, 0.2) is 0 Å². The average Bonchev–Trinajstić information content (AvgIpc) is 2.73. The molecule has 2 heterocycles. The number of nitrogens with zero attached hydrogens (tertiary/aromatic N) is 1. The van der Waals surface area contributed by atoms with Crippen LogP contribution in [0.5, 0.6) is 0 Å². The van der Waals surface area contributed by atoms with Crippen LogP contribution in [0.15, 0.2) is 48.8 Å². The highest BCUT2D eigenvalue weighted by Gasteiger charge is 2.03. The minimum atomic E-state index is 0.752. The van der Waals surface area contributed by atoms with Crippen molar-refractivity contribution in [2.75, 3.05) is 5.73 Å². The summed E-state index contributed by atoms with van der Waals surface area (Å²) in [6.07, 6.45) is 4.56. The SMILES string of the molecule is Nc1c[nH]c2ncc(Cc3ccccc3)cc12. The number of nitrogens with two attached hydrogens (primary N) is 1. The second kappa shape index (κ2) is 3.94. The van der Waals surface area contributed by atoms with E-state index in [2.05, 4.69) is 28.2 Å². The lowest BCUT2D eigenvalue weighted by Crippen LogP contribution is -1.90. The zero-order valence-corrected chi connectivity index (χ0v) is 9.35. The normalized spacial score (nSPS) is 10.8. The number of nitrogens with one attached hydrogen (secondary N) is 1. The van der Waals surface area contributed by atoms with Gasteiger partial charge in [-0.1, -0.05) is 30.3 Å². The van der Waals surface area contributed by atoms with E-state index in [4.69, 9.17) is 5.73 Å². The molecule has 0 atom stereocenters. The Balaban J connectivity index is 1.98. The summed E-state index contributed by atoms with van der Waals surface area (Å²) < 4.78 is 0. The van der Waals surface area contributed by atoms with Gasteiger partial charge < -0.3 is 10.7 Å². The van der Waals surface area contributed by atoms with Crippen molar-refractivity contribution in [1.29, 1.82) is 0 Å². The topological polar surface area (TPSA) is 54.7 Å². The number of aromatic nitrogens is 2. The number of pyridine rings is 1. The van der Waals surface area contributed by atoms with Gasteiger partial charge >= 0.3 is 0 Å². The number of aromatic amines is 1. The van der Waals surface area contributed by atoms with Crippen LogP contribution in [0.2, 0.25) is 0 Å². The van der Waals surface area contributed by atoms with Gasteiger partial charge in [0.25, 0.3) is 0 Å². The standard InChI is InChI=1S/C14H13N3/c15-13-9-17-14-12(13)7-11(8-16-14)6-10-4-2-1-3-5-10/h1-5,7-9H,6,15H2,(H,16,17). The molecule has 0 aliphatic heterocycles. The molecule has 0 aliphatic rings. The maximum atomic E-state index is 5.87. The predicted molar refractivity (Wildman–Crippen MR) is 69.8 cm³/mol. The van der Waals surface area contributed by atoms with Crippen molar-refractivity contribution in [3.8, 4) is 0 Å². The van der Waals surface area contributed by atoms with Crippen molar-refractivity contribution in [1.82, 2.24) is 9.97 Å². The van der Waals surface area contributed by atoms with Gasteiger partial charge in [-0.2, -0.15) is 0 Å². The van der Waals surface area contributed by atoms with Crippen molar-refractivity contribution in [3.63, 3.8) is 0 Å². The van der Waals surface area contributed by atoms with E-state index in [0.717, 1.165) is 23.1 Å². The Morgan fingerprint density at radius 2 is 1.94 bits per heavy atom. The highest BCUT2D eigenvalue weighted by molar-refractivity contribution is 5.88. The third-order valence-electron chi connectivity index (χ3n) is 2.87. The number of hydrogen-bond acceptors (Lipinski definition) is 2. The summed E-state index contributed by atoms with van der Waals surface area (Å²) in [6.45, 7) is 0. The number of anilines is 1. The van der Waals surface area contributed by atoms with Crippen molar-refractivity contribution in [3.05, 3.63) is 59.9 Å². The van der Waals surface area contributed by atoms with E-state index in [-0.39, 0.29) is 0 Å². The van der Waals surface area contributed by atoms with Crippen LogP contribution < -0.4 is 5.73 Å². The molecule has 0 aliphatic carbocycles. The van der Waals surface area contributed by atoms with Crippen LogP contribution in [0.25, 0.3) is 11.0 Å². The van der Waals surface area contributed by atoms with Gasteiger partial charge in [0.1, 0.15) is 5.65 Å². The molecular formula is C14H13N3. The molecule has 0 saturated heterocycles. The summed E-state index contributed by atoms with van der Waals surface area (Å²) in [5.41, 5.74) is 9.92. The Labute approximate surface area is 99.3 Å². The fraction of sp³-hybridized carbons (Fsp3) is 0.0714. The van der Waals surface area contributed by atoms with Crippen LogP contribution in [0, 0.1) is 0 Å². The number of rotatable bonds is 2. The molecule has 3 rings (SSSR count). The van der Waals surface area contributed by atoms with Gasteiger partial charge in [0, 0.05) is 17.8 Å². The highest BCUT2D eigenvalue weighted by Crippen LogP contribution is 2.20. The molecule has 1 aromatic carbocycles. The fourth-order valence-corrected chi connectivity index (χ4v) is 2.00. The summed E-state index contributed by atoms with van der Waals surface area (Å²) in [4.78, 5) is 7.41. The first kappa shape index (κ1) is 9.90. The van der Waals surface area contributed by atoms with Crippen LogP contribution >= 0.6 is 0 Å². The molecule has 3 aromatic rings. The first-order valence-corrected chi connectivity index (χ1v) is 5.58. The second-order valence-electron chi connectivity index (χ2n) is 4.15. The van der Waals surface area contributed by atoms with Gasteiger partial charge in [0.05, 0.1) is 5.69 Å². The zero-order valence-electron chi connectivity index (χ0n) is 9.35. The zero-order chi connectivity index (χ0) is 11.7. The average molecular weight is 223 g/mol. The van der Waals surface area contributed by atoms with Crippen molar-refractivity contribution in [2.45, 2.75) is 6.42 Å². The molecule has 2 aromatic heterocycles. The highest BCUT2D eigenvalue weighted by atomic mass is 14.9. The molecule has 3 nitrogen and oxygen atoms in total. The third-order valence-corrected chi connectivity index (χ3v) is 2.87. The van der Waals surface area contributed by atoms with Crippen molar-refractivity contribution < 1.29 is 0 Å². The first-order valence-electron chi connectivity index (χ1n) is 5.58. The summed E-state index contributed by atoms with van der Waals surface area (Å²) >= 11 is 0. The Kier molecular flexibility index (Phi) is 2.29. The smallest absolute Gasteiger partial charge is 0.139 e. The summed E-state index contributed by atoms with van der Waals surface area (Å²) in [5, 5.41) is 0.999. The van der Waals surface area contributed by atoms with Gasteiger partial charge in [0.2, 0.25) is 0 Å². The molecule has 0 fully saturated rings. The van der Waals surface area contributed by atoms with Crippen LogP contribution in [-0.4, -0.2) is 9.97 Å². The molecule has 3 heteroatoms. The molecule has 0 unspecified atom stereocenters. The quantitative estimate of drug-likeness (QED) is 0.701. The molecule has 0 bridgehead atoms. The number of fused-ring (bicyclic) bond motifs is 1. The summed E-state index contributed by atoms with van der Waals surface area (Å²) in [5.74, 6) is 0. The number of hydrogen-bond donors (Lipinski definition) is 2. The molecule has 3 N–H and O–H groups in total. The minimum Gasteiger partial charge on any atom is -0.397 e. The lowest BCUT2D eigenvalue weighted by atomic mass is 10.1. The molecular weight excluding hydrogens is 210 g/mol. The fourth-order valence-electron chi connectivity index (χ4n) is 2.00. The summed E-state index contributed by atoms with van der Waals surface area (Å²) in [6, 6.07) is 12.4. The van der Waals surface area contributed by atoms with Gasteiger partial charge in [-0.25, -0.2) is 4.98 Å². The van der Waals surface area contributed by atoms with E-state index in [0.29, 0.717) is 0 Å². The van der Waals surface area contributed by atoms with Crippen LogP contribution in [-0.2, 0) is 6.42 Å².